The Morgan fingerprint density at radius 1 is 1.25 bits per heavy atom. The summed E-state index contributed by atoms with van der Waals surface area (Å²) in [5.41, 5.74) is 0.308. The smallest absolute Gasteiger partial charge is 0.323 e. The molecule has 1 saturated carbocycles. The van der Waals surface area contributed by atoms with Crippen LogP contribution >= 0.6 is 0 Å². The van der Waals surface area contributed by atoms with Gasteiger partial charge >= 0.3 is 5.97 Å². The van der Waals surface area contributed by atoms with Gasteiger partial charge in [0.2, 0.25) is 5.91 Å². The molecule has 1 fully saturated rings. The van der Waals surface area contributed by atoms with E-state index in [4.69, 9.17) is 5.11 Å². The summed E-state index contributed by atoms with van der Waals surface area (Å²) in [6, 6.07) is 5.51. The van der Waals surface area contributed by atoms with Crippen molar-refractivity contribution < 1.29 is 19.1 Å². The molecule has 0 radical (unpaired) electrons. The van der Waals surface area contributed by atoms with Gasteiger partial charge in [-0.15, -0.1) is 0 Å². The molecule has 0 aromatic heterocycles. The maximum atomic E-state index is 13.3. The highest BCUT2D eigenvalue weighted by atomic mass is 19.1. The quantitative estimate of drug-likeness (QED) is 0.922. The van der Waals surface area contributed by atoms with Crippen LogP contribution in [0.15, 0.2) is 24.3 Å². The summed E-state index contributed by atoms with van der Waals surface area (Å²) in [6.45, 7) is -0.432. The molecule has 0 atom stereocenters. The van der Waals surface area contributed by atoms with Crippen molar-refractivity contribution >= 4 is 17.6 Å². The van der Waals surface area contributed by atoms with Gasteiger partial charge in [-0.25, -0.2) is 4.39 Å². The molecule has 5 heteroatoms. The molecule has 1 aliphatic rings. The second-order valence-corrected chi connectivity index (χ2v) is 5.13. The first kappa shape index (κ1) is 14.5. The van der Waals surface area contributed by atoms with E-state index in [2.05, 4.69) is 0 Å². The van der Waals surface area contributed by atoms with Gasteiger partial charge in [0, 0.05) is 11.6 Å². The fourth-order valence-corrected chi connectivity index (χ4v) is 2.65. The zero-order valence-corrected chi connectivity index (χ0v) is 11.2. The van der Waals surface area contributed by atoms with Crippen molar-refractivity contribution in [2.75, 3.05) is 11.4 Å². The molecule has 0 bridgehead atoms. The van der Waals surface area contributed by atoms with Crippen LogP contribution in [0.1, 0.15) is 32.1 Å². The van der Waals surface area contributed by atoms with Crippen molar-refractivity contribution in [3.8, 4) is 0 Å². The molecule has 1 N–H and O–H groups in total. The van der Waals surface area contributed by atoms with Crippen LogP contribution < -0.4 is 4.90 Å². The number of carboxylic acids is 1. The molecule has 1 aliphatic carbocycles. The minimum Gasteiger partial charge on any atom is -0.480 e. The van der Waals surface area contributed by atoms with Crippen molar-refractivity contribution in [3.05, 3.63) is 30.1 Å². The number of carboxylic acid groups (broad SMARTS) is 1. The number of amides is 1. The molecule has 0 spiro atoms. The predicted octanol–water partition coefficient (Wildman–Crippen LogP) is 2.82. The number of nitrogens with zero attached hydrogens (tertiary/aromatic N) is 1. The molecule has 1 amide bonds. The maximum absolute atomic E-state index is 13.3. The Morgan fingerprint density at radius 3 is 2.55 bits per heavy atom. The highest BCUT2D eigenvalue weighted by Gasteiger charge is 2.28. The van der Waals surface area contributed by atoms with Crippen molar-refractivity contribution in [2.45, 2.75) is 32.1 Å². The molecule has 20 heavy (non-hydrogen) atoms. The lowest BCUT2D eigenvalue weighted by Gasteiger charge is -2.28. The first-order chi connectivity index (χ1) is 9.58. The highest BCUT2D eigenvalue weighted by Crippen LogP contribution is 2.27. The van der Waals surface area contributed by atoms with Gasteiger partial charge < -0.3 is 10.0 Å². The van der Waals surface area contributed by atoms with Gasteiger partial charge in [-0.1, -0.05) is 25.3 Å². The van der Waals surface area contributed by atoms with E-state index in [-0.39, 0.29) is 11.8 Å². The van der Waals surface area contributed by atoms with E-state index in [1.54, 1.807) is 6.07 Å². The molecule has 0 unspecified atom stereocenters. The summed E-state index contributed by atoms with van der Waals surface area (Å²) in [5, 5.41) is 8.97. The van der Waals surface area contributed by atoms with E-state index >= 15 is 0 Å². The highest BCUT2D eigenvalue weighted by molar-refractivity contribution is 5.98. The number of rotatable bonds is 4. The van der Waals surface area contributed by atoms with Gasteiger partial charge in [-0.3, -0.25) is 9.59 Å². The zero-order chi connectivity index (χ0) is 14.5. The van der Waals surface area contributed by atoms with Gasteiger partial charge in [0.25, 0.3) is 0 Å². The van der Waals surface area contributed by atoms with Crippen molar-refractivity contribution in [2.24, 2.45) is 5.92 Å². The maximum Gasteiger partial charge on any atom is 0.323 e. The molecular formula is C15H18FNO3. The van der Waals surface area contributed by atoms with Crippen molar-refractivity contribution in [3.63, 3.8) is 0 Å². The van der Waals surface area contributed by atoms with Gasteiger partial charge in [0.15, 0.2) is 0 Å². The molecular weight excluding hydrogens is 261 g/mol. The lowest BCUT2D eigenvalue weighted by molar-refractivity contribution is -0.137. The molecule has 1 aromatic carbocycles. The lowest BCUT2D eigenvalue weighted by Crippen LogP contribution is -2.40. The largest absolute Gasteiger partial charge is 0.480 e. The number of aliphatic carboxylic acids is 1. The minimum atomic E-state index is -1.10. The summed E-state index contributed by atoms with van der Waals surface area (Å²) < 4.78 is 13.3. The van der Waals surface area contributed by atoms with Crippen LogP contribution in [-0.4, -0.2) is 23.5 Å². The third kappa shape index (κ3) is 3.56. The second-order valence-electron chi connectivity index (χ2n) is 5.13. The molecule has 4 nitrogen and oxygen atoms in total. The van der Waals surface area contributed by atoms with E-state index in [0.717, 1.165) is 32.1 Å². The fourth-order valence-electron chi connectivity index (χ4n) is 2.65. The van der Waals surface area contributed by atoms with Gasteiger partial charge in [-0.05, 0) is 31.0 Å². The molecule has 0 saturated heterocycles. The number of benzene rings is 1. The Bertz CT molecular complexity index is 498. The number of carbonyl (C=O) groups excluding carboxylic acids is 1. The van der Waals surface area contributed by atoms with Crippen molar-refractivity contribution in [1.82, 2.24) is 0 Å². The van der Waals surface area contributed by atoms with E-state index in [9.17, 15) is 14.0 Å². The monoisotopic (exact) mass is 279 g/mol. The Morgan fingerprint density at radius 2 is 1.95 bits per heavy atom. The number of carbonyl (C=O) groups is 2. The standard InChI is InChI=1S/C15H18FNO3/c16-12-7-4-8-13(9-12)17(10-14(18)19)15(20)11-5-2-1-3-6-11/h4,7-9,11H,1-3,5-6,10H2,(H,18,19). The van der Waals surface area contributed by atoms with Gasteiger partial charge in [0.1, 0.15) is 12.4 Å². The molecule has 0 aliphatic heterocycles. The SMILES string of the molecule is O=C(O)CN(C(=O)C1CCCCC1)c1cccc(F)c1. The first-order valence-electron chi connectivity index (χ1n) is 6.86. The minimum absolute atomic E-state index is 0.147. The third-order valence-electron chi connectivity index (χ3n) is 3.63. The summed E-state index contributed by atoms with van der Waals surface area (Å²) in [5.74, 6) is -1.93. The van der Waals surface area contributed by atoms with Crippen LogP contribution in [0.2, 0.25) is 0 Å². The van der Waals surface area contributed by atoms with Gasteiger partial charge in [0.05, 0.1) is 0 Å². The van der Waals surface area contributed by atoms with E-state index in [1.165, 1.54) is 23.1 Å². The predicted molar refractivity (Wildman–Crippen MR) is 73.0 cm³/mol. The molecule has 108 valence electrons. The van der Waals surface area contributed by atoms with E-state index in [1.807, 2.05) is 0 Å². The van der Waals surface area contributed by atoms with Crippen LogP contribution in [-0.2, 0) is 9.59 Å². The number of hydrogen-bond acceptors (Lipinski definition) is 2. The molecule has 2 rings (SSSR count). The average Bonchev–Trinajstić information content (AvgIpc) is 2.45. The Kier molecular flexibility index (Phi) is 4.71. The third-order valence-corrected chi connectivity index (χ3v) is 3.63. The Balaban J connectivity index is 2.22. The summed E-state index contributed by atoms with van der Waals surface area (Å²) in [7, 11) is 0. The Hall–Kier alpha value is -1.91. The van der Waals surface area contributed by atoms with Crippen LogP contribution in [0.25, 0.3) is 0 Å². The van der Waals surface area contributed by atoms with E-state index < -0.39 is 18.3 Å². The van der Waals surface area contributed by atoms with Crippen molar-refractivity contribution in [1.29, 1.82) is 0 Å². The fraction of sp³-hybridized carbons (Fsp3) is 0.467. The number of halogens is 1. The summed E-state index contributed by atoms with van der Waals surface area (Å²) in [6.07, 6.45) is 4.65. The summed E-state index contributed by atoms with van der Waals surface area (Å²) in [4.78, 5) is 24.6. The lowest BCUT2D eigenvalue weighted by atomic mass is 9.88. The number of anilines is 1. The van der Waals surface area contributed by atoms with Gasteiger partial charge in [-0.2, -0.15) is 0 Å². The molecule has 1 aromatic rings. The van der Waals surface area contributed by atoms with Crippen LogP contribution in [0.4, 0.5) is 10.1 Å². The summed E-state index contributed by atoms with van der Waals surface area (Å²) >= 11 is 0. The zero-order valence-electron chi connectivity index (χ0n) is 11.2. The Labute approximate surface area is 117 Å². The van der Waals surface area contributed by atoms with E-state index in [0.29, 0.717) is 5.69 Å². The topological polar surface area (TPSA) is 57.6 Å². The average molecular weight is 279 g/mol. The first-order valence-corrected chi connectivity index (χ1v) is 6.86. The second kappa shape index (κ2) is 6.50. The number of hydrogen-bond donors (Lipinski definition) is 1. The normalized spacial score (nSPS) is 15.8. The van der Waals surface area contributed by atoms with Crippen LogP contribution in [0.5, 0.6) is 0 Å². The van der Waals surface area contributed by atoms with Crippen LogP contribution in [0, 0.1) is 11.7 Å². The van der Waals surface area contributed by atoms with Crippen LogP contribution in [0.3, 0.4) is 0 Å². The molecule has 0 heterocycles.